The highest BCUT2D eigenvalue weighted by atomic mass is 16.2. The van der Waals surface area contributed by atoms with Crippen LogP contribution in [0.1, 0.15) is 18.4 Å². The Morgan fingerprint density at radius 1 is 1.20 bits per heavy atom. The summed E-state index contributed by atoms with van der Waals surface area (Å²) in [5.41, 5.74) is 3.36. The number of carbonyl (C=O) groups is 1. The molecule has 15 heavy (non-hydrogen) atoms. The Morgan fingerprint density at radius 3 is 2.60 bits per heavy atom. The van der Waals surface area contributed by atoms with Crippen LogP contribution < -0.4 is 16.6 Å². The van der Waals surface area contributed by atoms with Gasteiger partial charge < -0.3 is 5.32 Å². The van der Waals surface area contributed by atoms with E-state index in [0.29, 0.717) is 6.54 Å². The minimum Gasteiger partial charge on any atom is -0.337 e. The number of benzene rings is 1. The summed E-state index contributed by atoms with van der Waals surface area (Å²) in [6.07, 6.45) is 3.07. The van der Waals surface area contributed by atoms with Crippen LogP contribution in [0.5, 0.6) is 0 Å². The summed E-state index contributed by atoms with van der Waals surface area (Å²) < 4.78 is 0. The number of hydrazine groups is 1. The van der Waals surface area contributed by atoms with Gasteiger partial charge >= 0.3 is 6.03 Å². The van der Waals surface area contributed by atoms with Gasteiger partial charge in [-0.25, -0.2) is 10.6 Å². The maximum absolute atomic E-state index is 10.7. The first-order valence-corrected chi connectivity index (χ1v) is 5.11. The summed E-state index contributed by atoms with van der Waals surface area (Å²) in [5.74, 6) is 4.92. The minimum absolute atomic E-state index is 0.324. The van der Waals surface area contributed by atoms with Crippen molar-refractivity contribution < 1.29 is 4.79 Å². The summed E-state index contributed by atoms with van der Waals surface area (Å²) in [6.45, 7) is 0.663. The Labute approximate surface area is 89.8 Å². The Bertz CT molecular complexity index is 287. The van der Waals surface area contributed by atoms with Crippen molar-refractivity contribution in [1.82, 2.24) is 10.7 Å². The van der Waals surface area contributed by atoms with E-state index in [9.17, 15) is 4.79 Å². The Morgan fingerprint density at radius 2 is 1.93 bits per heavy atom. The van der Waals surface area contributed by atoms with E-state index >= 15 is 0 Å². The van der Waals surface area contributed by atoms with E-state index in [2.05, 4.69) is 17.4 Å². The number of nitrogens with one attached hydrogen (secondary N) is 2. The number of nitrogens with two attached hydrogens (primary N) is 1. The molecule has 82 valence electrons. The largest absolute Gasteiger partial charge is 0.337 e. The van der Waals surface area contributed by atoms with Gasteiger partial charge in [0.05, 0.1) is 0 Å². The molecule has 0 saturated heterocycles. The van der Waals surface area contributed by atoms with E-state index in [1.54, 1.807) is 0 Å². The van der Waals surface area contributed by atoms with Crippen LogP contribution in [0.3, 0.4) is 0 Å². The zero-order chi connectivity index (χ0) is 10.9. The number of hydrogen-bond acceptors (Lipinski definition) is 2. The molecule has 4 nitrogen and oxygen atoms in total. The van der Waals surface area contributed by atoms with E-state index in [0.717, 1.165) is 19.3 Å². The van der Waals surface area contributed by atoms with Crippen LogP contribution in [-0.2, 0) is 6.42 Å². The topological polar surface area (TPSA) is 67.1 Å². The zero-order valence-electron chi connectivity index (χ0n) is 8.70. The highest BCUT2D eigenvalue weighted by molar-refractivity contribution is 5.72. The SMILES string of the molecule is NNC(=O)NCCCCc1ccccc1. The predicted octanol–water partition coefficient (Wildman–Crippen LogP) is 1.18. The number of aryl methyl sites for hydroxylation is 1. The molecular formula is C11H17N3O. The highest BCUT2D eigenvalue weighted by Crippen LogP contribution is 2.03. The van der Waals surface area contributed by atoms with Crippen molar-refractivity contribution in [3.8, 4) is 0 Å². The number of rotatable bonds is 5. The fourth-order valence-electron chi connectivity index (χ4n) is 1.35. The third kappa shape index (κ3) is 5.02. The van der Waals surface area contributed by atoms with Gasteiger partial charge in [0.15, 0.2) is 0 Å². The lowest BCUT2D eigenvalue weighted by Crippen LogP contribution is -2.40. The van der Waals surface area contributed by atoms with E-state index in [4.69, 9.17) is 5.84 Å². The third-order valence-electron chi connectivity index (χ3n) is 2.15. The smallest absolute Gasteiger partial charge is 0.328 e. The van der Waals surface area contributed by atoms with Gasteiger partial charge in [-0.2, -0.15) is 0 Å². The number of carbonyl (C=O) groups excluding carboxylic acids is 1. The van der Waals surface area contributed by atoms with Crippen molar-refractivity contribution in [3.63, 3.8) is 0 Å². The molecule has 0 spiro atoms. The first-order chi connectivity index (χ1) is 7.33. The second-order valence-electron chi connectivity index (χ2n) is 3.34. The van der Waals surface area contributed by atoms with Gasteiger partial charge in [-0.05, 0) is 24.8 Å². The summed E-state index contributed by atoms with van der Waals surface area (Å²) in [5, 5.41) is 2.64. The maximum Gasteiger partial charge on any atom is 0.328 e. The predicted molar refractivity (Wildman–Crippen MR) is 60.1 cm³/mol. The summed E-state index contributed by atoms with van der Waals surface area (Å²) in [4.78, 5) is 10.7. The van der Waals surface area contributed by atoms with Gasteiger partial charge in [-0.3, -0.25) is 5.43 Å². The van der Waals surface area contributed by atoms with Gasteiger partial charge in [0.25, 0.3) is 0 Å². The average molecular weight is 207 g/mol. The normalized spacial score (nSPS) is 9.67. The second-order valence-corrected chi connectivity index (χ2v) is 3.34. The van der Waals surface area contributed by atoms with Crippen molar-refractivity contribution in [3.05, 3.63) is 35.9 Å². The van der Waals surface area contributed by atoms with E-state index in [1.807, 2.05) is 23.6 Å². The first-order valence-electron chi connectivity index (χ1n) is 5.11. The molecule has 0 saturated carbocycles. The van der Waals surface area contributed by atoms with Crippen molar-refractivity contribution in [2.45, 2.75) is 19.3 Å². The molecule has 1 rings (SSSR count). The standard InChI is InChI=1S/C11H17N3O/c12-14-11(15)13-9-5-4-8-10-6-2-1-3-7-10/h1-3,6-7H,4-5,8-9,12H2,(H2,13,14,15). The fraction of sp³-hybridized carbons (Fsp3) is 0.364. The zero-order valence-corrected chi connectivity index (χ0v) is 8.70. The van der Waals surface area contributed by atoms with Crippen LogP contribution in [0.2, 0.25) is 0 Å². The molecule has 1 aromatic rings. The molecule has 0 bridgehead atoms. The van der Waals surface area contributed by atoms with Crippen LogP contribution >= 0.6 is 0 Å². The van der Waals surface area contributed by atoms with Crippen LogP contribution in [0.4, 0.5) is 4.79 Å². The summed E-state index contributed by atoms with van der Waals surface area (Å²) in [7, 11) is 0. The lowest BCUT2D eigenvalue weighted by atomic mass is 10.1. The Hall–Kier alpha value is -1.55. The molecule has 4 N–H and O–H groups in total. The summed E-state index contributed by atoms with van der Waals surface area (Å²) >= 11 is 0. The maximum atomic E-state index is 10.7. The molecule has 1 aromatic carbocycles. The fourth-order valence-corrected chi connectivity index (χ4v) is 1.35. The molecule has 0 aliphatic heterocycles. The number of amides is 2. The number of urea groups is 1. The molecule has 0 fully saturated rings. The lowest BCUT2D eigenvalue weighted by Gasteiger charge is -2.03. The van der Waals surface area contributed by atoms with Crippen LogP contribution in [-0.4, -0.2) is 12.6 Å². The molecule has 0 unspecified atom stereocenters. The second kappa shape index (κ2) is 6.84. The first kappa shape index (κ1) is 11.5. The molecule has 0 aliphatic carbocycles. The van der Waals surface area contributed by atoms with Crippen molar-refractivity contribution in [2.75, 3.05) is 6.54 Å². The van der Waals surface area contributed by atoms with Gasteiger partial charge in [0.1, 0.15) is 0 Å². The monoisotopic (exact) mass is 207 g/mol. The number of unbranched alkanes of at least 4 members (excludes halogenated alkanes) is 1. The quantitative estimate of drug-likeness (QED) is 0.294. The highest BCUT2D eigenvalue weighted by Gasteiger charge is 1.95. The van der Waals surface area contributed by atoms with E-state index < -0.39 is 0 Å². The van der Waals surface area contributed by atoms with Gasteiger partial charge in [-0.15, -0.1) is 0 Å². The van der Waals surface area contributed by atoms with E-state index in [-0.39, 0.29) is 6.03 Å². The minimum atomic E-state index is -0.324. The third-order valence-corrected chi connectivity index (χ3v) is 2.15. The molecule has 0 aliphatic rings. The Kier molecular flexibility index (Phi) is 5.25. The molecular weight excluding hydrogens is 190 g/mol. The van der Waals surface area contributed by atoms with Crippen molar-refractivity contribution in [1.29, 1.82) is 0 Å². The Balaban J connectivity index is 2.05. The lowest BCUT2D eigenvalue weighted by molar-refractivity contribution is 0.241. The van der Waals surface area contributed by atoms with Crippen LogP contribution in [0, 0.1) is 0 Å². The molecule has 4 heteroatoms. The summed E-state index contributed by atoms with van der Waals surface area (Å²) in [6, 6.07) is 9.98. The van der Waals surface area contributed by atoms with Gasteiger partial charge in [0.2, 0.25) is 0 Å². The van der Waals surface area contributed by atoms with Crippen LogP contribution in [0.25, 0.3) is 0 Å². The van der Waals surface area contributed by atoms with Crippen LogP contribution in [0.15, 0.2) is 30.3 Å². The number of hydrogen-bond donors (Lipinski definition) is 3. The molecule has 0 heterocycles. The van der Waals surface area contributed by atoms with E-state index in [1.165, 1.54) is 5.56 Å². The van der Waals surface area contributed by atoms with Gasteiger partial charge in [0, 0.05) is 6.54 Å². The molecule has 0 atom stereocenters. The molecule has 0 aromatic heterocycles. The molecule has 2 amide bonds. The molecule has 0 radical (unpaired) electrons. The van der Waals surface area contributed by atoms with Gasteiger partial charge in [-0.1, -0.05) is 30.3 Å². The van der Waals surface area contributed by atoms with Crippen molar-refractivity contribution in [2.24, 2.45) is 5.84 Å². The van der Waals surface area contributed by atoms with Crippen molar-refractivity contribution >= 4 is 6.03 Å². The average Bonchev–Trinajstić information content (AvgIpc) is 2.29.